The van der Waals surface area contributed by atoms with Crippen LogP contribution in [0.3, 0.4) is 0 Å². The van der Waals surface area contributed by atoms with E-state index in [1.165, 1.54) is 16.9 Å². The summed E-state index contributed by atoms with van der Waals surface area (Å²) < 4.78 is 2.16. The van der Waals surface area contributed by atoms with E-state index in [2.05, 4.69) is 71.1 Å². The molecule has 6 nitrogen and oxygen atoms in total. The van der Waals surface area contributed by atoms with Crippen LogP contribution in [0.4, 0.5) is 5.82 Å². The van der Waals surface area contributed by atoms with E-state index < -0.39 is 0 Å². The van der Waals surface area contributed by atoms with Gasteiger partial charge in [-0.05, 0) is 41.6 Å². The second-order valence-electron chi connectivity index (χ2n) is 8.77. The Balaban J connectivity index is 1.41. The molecule has 1 aliphatic heterocycles. The molecule has 1 amide bonds. The van der Waals surface area contributed by atoms with Gasteiger partial charge < -0.3 is 14.4 Å². The zero-order valence-electron chi connectivity index (χ0n) is 19.5. The molecule has 2 aromatic carbocycles. The molecule has 1 fully saturated rings. The van der Waals surface area contributed by atoms with E-state index in [0.29, 0.717) is 13.1 Å². The highest BCUT2D eigenvalue weighted by Crippen LogP contribution is 2.37. The van der Waals surface area contributed by atoms with E-state index in [-0.39, 0.29) is 5.91 Å². The SMILES string of the molecule is Cc1cccc(-n2cc(-c3ccccc3)c3c(N4CCN(C(=O)c5cccs5)CC4)ncnc32)c1. The smallest absolute Gasteiger partial charge is 0.264 e. The first kappa shape index (κ1) is 21.6. The van der Waals surface area contributed by atoms with Gasteiger partial charge in [0.2, 0.25) is 0 Å². The Morgan fingerprint density at radius 1 is 0.914 bits per heavy atom. The van der Waals surface area contributed by atoms with Crippen LogP contribution in [0.15, 0.2) is 84.6 Å². The van der Waals surface area contributed by atoms with Gasteiger partial charge >= 0.3 is 0 Å². The Hall–Kier alpha value is -3.97. The number of aromatic nitrogens is 3. The molecule has 0 atom stereocenters. The number of fused-ring (bicyclic) bond motifs is 1. The first-order chi connectivity index (χ1) is 17.2. The number of carbonyl (C=O) groups is 1. The summed E-state index contributed by atoms with van der Waals surface area (Å²) in [5.74, 6) is 1.03. The van der Waals surface area contributed by atoms with Gasteiger partial charge in [0.25, 0.3) is 5.91 Å². The first-order valence-corrected chi connectivity index (χ1v) is 12.6. The third-order valence-corrected chi connectivity index (χ3v) is 7.38. The van der Waals surface area contributed by atoms with Crippen molar-refractivity contribution in [2.75, 3.05) is 31.1 Å². The van der Waals surface area contributed by atoms with Crippen LogP contribution in [-0.4, -0.2) is 51.5 Å². The van der Waals surface area contributed by atoms with Crippen LogP contribution in [0.5, 0.6) is 0 Å². The number of hydrogen-bond donors (Lipinski definition) is 0. The predicted octanol–water partition coefficient (Wildman–Crippen LogP) is 5.42. The van der Waals surface area contributed by atoms with Crippen molar-refractivity contribution < 1.29 is 4.79 Å². The van der Waals surface area contributed by atoms with E-state index in [0.717, 1.165) is 51.6 Å². The normalized spacial score (nSPS) is 14.0. The number of amides is 1. The van der Waals surface area contributed by atoms with Gasteiger partial charge in [-0.3, -0.25) is 4.79 Å². The quantitative estimate of drug-likeness (QED) is 0.345. The van der Waals surface area contributed by atoms with Gasteiger partial charge in [-0.2, -0.15) is 0 Å². The van der Waals surface area contributed by atoms with Gasteiger partial charge in [0.15, 0.2) is 5.65 Å². The maximum Gasteiger partial charge on any atom is 0.264 e. The lowest BCUT2D eigenvalue weighted by Gasteiger charge is -2.35. The van der Waals surface area contributed by atoms with E-state index in [1.54, 1.807) is 6.33 Å². The third-order valence-electron chi connectivity index (χ3n) is 6.53. The second kappa shape index (κ2) is 9.00. The van der Waals surface area contributed by atoms with Gasteiger partial charge in [-0.1, -0.05) is 48.5 Å². The number of aryl methyl sites for hydroxylation is 1. The van der Waals surface area contributed by atoms with Crippen LogP contribution in [0.2, 0.25) is 0 Å². The van der Waals surface area contributed by atoms with Crippen molar-refractivity contribution in [3.63, 3.8) is 0 Å². The molecule has 7 heteroatoms. The van der Waals surface area contributed by atoms with Crippen molar-refractivity contribution in [3.05, 3.63) is 95.1 Å². The molecule has 0 N–H and O–H groups in total. The molecule has 5 aromatic rings. The lowest BCUT2D eigenvalue weighted by molar-refractivity contribution is 0.0751. The van der Waals surface area contributed by atoms with E-state index >= 15 is 0 Å². The number of rotatable bonds is 4. The minimum atomic E-state index is 0.114. The molecule has 4 heterocycles. The third kappa shape index (κ3) is 3.98. The molecule has 3 aromatic heterocycles. The average Bonchev–Trinajstić information content (AvgIpc) is 3.58. The fraction of sp³-hybridized carbons (Fsp3) is 0.179. The fourth-order valence-corrected chi connectivity index (χ4v) is 5.46. The number of nitrogens with zero attached hydrogens (tertiary/aromatic N) is 5. The Morgan fingerprint density at radius 2 is 1.74 bits per heavy atom. The summed E-state index contributed by atoms with van der Waals surface area (Å²) in [5.41, 5.74) is 5.40. The molecule has 0 spiro atoms. The summed E-state index contributed by atoms with van der Waals surface area (Å²) in [6.07, 6.45) is 3.82. The Labute approximate surface area is 208 Å². The van der Waals surface area contributed by atoms with E-state index in [9.17, 15) is 4.79 Å². The highest BCUT2D eigenvalue weighted by Gasteiger charge is 2.26. The van der Waals surface area contributed by atoms with Crippen LogP contribution in [0.25, 0.3) is 27.8 Å². The van der Waals surface area contributed by atoms with Crippen LogP contribution in [0.1, 0.15) is 15.2 Å². The maximum atomic E-state index is 12.8. The van der Waals surface area contributed by atoms with Crippen LogP contribution < -0.4 is 4.90 Å². The van der Waals surface area contributed by atoms with Crippen LogP contribution in [0, 0.1) is 6.92 Å². The number of piperazine rings is 1. The largest absolute Gasteiger partial charge is 0.352 e. The standard InChI is InChI=1S/C28H25N5OS/c1-20-7-5-10-22(17-20)33-18-23(21-8-3-2-4-9-21)25-26(29-19-30-27(25)33)31-12-14-32(15-13-31)28(34)24-11-6-16-35-24/h2-11,16-19H,12-15H2,1H3. The monoisotopic (exact) mass is 479 g/mol. The molecule has 1 aliphatic rings. The number of thiophene rings is 1. The second-order valence-corrected chi connectivity index (χ2v) is 9.72. The average molecular weight is 480 g/mol. The highest BCUT2D eigenvalue weighted by molar-refractivity contribution is 7.12. The molecule has 0 saturated carbocycles. The molecule has 1 saturated heterocycles. The zero-order chi connectivity index (χ0) is 23.8. The minimum absolute atomic E-state index is 0.114. The molecule has 0 aliphatic carbocycles. The predicted molar refractivity (Wildman–Crippen MR) is 141 cm³/mol. The Bertz CT molecular complexity index is 1480. The molecule has 6 rings (SSSR count). The zero-order valence-corrected chi connectivity index (χ0v) is 20.3. The van der Waals surface area contributed by atoms with Gasteiger partial charge in [0.05, 0.1) is 10.3 Å². The number of anilines is 1. The van der Waals surface area contributed by atoms with Gasteiger partial charge in [0.1, 0.15) is 12.1 Å². The van der Waals surface area contributed by atoms with Crippen LogP contribution >= 0.6 is 11.3 Å². The van der Waals surface area contributed by atoms with Crippen LogP contribution in [-0.2, 0) is 0 Å². The van der Waals surface area contributed by atoms with Crippen molar-refractivity contribution in [2.24, 2.45) is 0 Å². The summed E-state index contributed by atoms with van der Waals surface area (Å²) in [6.45, 7) is 4.90. The Kier molecular flexibility index (Phi) is 5.54. The molecule has 0 bridgehead atoms. The highest BCUT2D eigenvalue weighted by atomic mass is 32.1. The summed E-state index contributed by atoms with van der Waals surface area (Å²) in [6, 6.07) is 22.7. The molecule has 0 unspecified atom stereocenters. The topological polar surface area (TPSA) is 54.3 Å². The fourth-order valence-electron chi connectivity index (χ4n) is 4.77. The maximum absolute atomic E-state index is 12.8. The summed E-state index contributed by atoms with van der Waals surface area (Å²) in [4.78, 5) is 27.3. The molecular formula is C28H25N5OS. The summed E-state index contributed by atoms with van der Waals surface area (Å²) in [5, 5.41) is 2.99. The van der Waals surface area contributed by atoms with Gasteiger partial charge in [-0.25, -0.2) is 9.97 Å². The minimum Gasteiger partial charge on any atom is -0.352 e. The Morgan fingerprint density at radius 3 is 2.49 bits per heavy atom. The van der Waals surface area contributed by atoms with Gasteiger partial charge in [0, 0.05) is 43.6 Å². The lowest BCUT2D eigenvalue weighted by Crippen LogP contribution is -2.49. The summed E-state index contributed by atoms with van der Waals surface area (Å²) in [7, 11) is 0. The number of benzene rings is 2. The van der Waals surface area contributed by atoms with Gasteiger partial charge in [-0.15, -0.1) is 11.3 Å². The molecule has 174 valence electrons. The van der Waals surface area contributed by atoms with Crippen molar-refractivity contribution in [1.29, 1.82) is 0 Å². The molecule has 0 radical (unpaired) electrons. The van der Waals surface area contributed by atoms with E-state index in [4.69, 9.17) is 9.97 Å². The van der Waals surface area contributed by atoms with Crippen molar-refractivity contribution >= 4 is 34.1 Å². The molecular weight excluding hydrogens is 454 g/mol. The van der Waals surface area contributed by atoms with Crippen molar-refractivity contribution in [3.8, 4) is 16.8 Å². The molecule has 35 heavy (non-hydrogen) atoms. The lowest BCUT2D eigenvalue weighted by atomic mass is 10.1. The number of carbonyl (C=O) groups excluding carboxylic acids is 1. The van der Waals surface area contributed by atoms with Crippen molar-refractivity contribution in [1.82, 2.24) is 19.4 Å². The summed E-state index contributed by atoms with van der Waals surface area (Å²) >= 11 is 1.50. The number of hydrogen-bond acceptors (Lipinski definition) is 5. The first-order valence-electron chi connectivity index (χ1n) is 11.8. The van der Waals surface area contributed by atoms with Crippen molar-refractivity contribution in [2.45, 2.75) is 6.92 Å². The van der Waals surface area contributed by atoms with E-state index in [1.807, 2.05) is 28.5 Å².